The molecule has 0 aliphatic carbocycles. The number of carboxylic acid groups (broad SMARTS) is 1. The molecule has 0 aliphatic heterocycles. The maximum Gasteiger partial charge on any atom is 0.411 e. The van der Waals surface area contributed by atoms with Gasteiger partial charge in [0.2, 0.25) is 0 Å². The Morgan fingerprint density at radius 3 is 1.80 bits per heavy atom. The average molecular weight is 156 g/mol. The van der Waals surface area contributed by atoms with Crippen LogP contribution in [-0.4, -0.2) is 17.7 Å². The van der Waals surface area contributed by atoms with Crippen molar-refractivity contribution in [3.05, 3.63) is 0 Å². The fourth-order valence-corrected chi connectivity index (χ4v) is 0.116. The topological polar surface area (TPSA) is 66.2 Å². The van der Waals surface area contributed by atoms with Crippen molar-refractivity contribution in [2.75, 3.05) is 0 Å². The van der Waals surface area contributed by atoms with Crippen LogP contribution in [0.3, 0.4) is 0 Å². The molecule has 1 atom stereocenters. The molecule has 0 bridgehead atoms. The first-order valence-corrected chi connectivity index (χ1v) is 2.26. The van der Waals surface area contributed by atoms with E-state index in [1.165, 1.54) is 0 Å². The second kappa shape index (κ2) is 2.12. The predicted octanol–water partition coefficient (Wildman–Crippen LogP) is -0.984. The highest BCUT2D eigenvalue weighted by Crippen LogP contribution is 2.26. The molecule has 0 radical (unpaired) electrons. The van der Waals surface area contributed by atoms with Crippen molar-refractivity contribution in [2.24, 2.45) is 5.73 Å². The Labute approximate surface area is 54.6 Å². The van der Waals surface area contributed by atoms with Crippen LogP contribution >= 0.6 is 0 Å². The van der Waals surface area contributed by atoms with Gasteiger partial charge in [-0.15, -0.1) is 0 Å². The molecule has 0 spiro atoms. The zero-order chi connectivity index (χ0) is 8.58. The summed E-state index contributed by atoms with van der Waals surface area (Å²) in [6, 6.07) is 0. The minimum atomic E-state index is -4.97. The Morgan fingerprint density at radius 1 is 1.50 bits per heavy atom. The lowest BCUT2D eigenvalue weighted by atomic mass is 10.1. The number of carbonyl (C=O) groups is 1. The van der Waals surface area contributed by atoms with Crippen LogP contribution in [0.15, 0.2) is 0 Å². The van der Waals surface area contributed by atoms with Crippen LogP contribution in [0, 0.1) is 0 Å². The number of rotatable bonds is 1. The molecular weight excluding hydrogens is 151 g/mol. The molecule has 0 amide bonds. The minimum Gasteiger partial charge on any atom is -0.548 e. The van der Waals surface area contributed by atoms with Crippen molar-refractivity contribution in [1.29, 1.82) is 0 Å². The number of carbonyl (C=O) groups excluding carboxylic acids is 1. The molecule has 10 heavy (non-hydrogen) atoms. The van der Waals surface area contributed by atoms with Gasteiger partial charge in [-0.3, -0.25) is 0 Å². The lowest BCUT2D eigenvalue weighted by Gasteiger charge is -2.27. The van der Waals surface area contributed by atoms with Gasteiger partial charge < -0.3 is 15.6 Å². The molecule has 0 fully saturated rings. The third-order valence-corrected chi connectivity index (χ3v) is 1.01. The summed E-state index contributed by atoms with van der Waals surface area (Å²) < 4.78 is 34.6. The summed E-state index contributed by atoms with van der Waals surface area (Å²) in [4.78, 5) is 9.71. The van der Waals surface area contributed by atoms with Gasteiger partial charge in [-0.05, 0) is 6.92 Å². The molecule has 6 heteroatoms. The Hall–Kier alpha value is -0.780. The largest absolute Gasteiger partial charge is 0.548 e. The van der Waals surface area contributed by atoms with Crippen LogP contribution in [0.1, 0.15) is 6.92 Å². The number of nitrogens with two attached hydrogens (primary N) is 1. The van der Waals surface area contributed by atoms with Crippen LogP contribution in [0.5, 0.6) is 0 Å². The molecule has 2 N–H and O–H groups in total. The monoisotopic (exact) mass is 156 g/mol. The van der Waals surface area contributed by atoms with Crippen LogP contribution < -0.4 is 10.8 Å². The van der Waals surface area contributed by atoms with Crippen molar-refractivity contribution < 1.29 is 23.1 Å². The zero-order valence-corrected chi connectivity index (χ0v) is 5.03. The Balaban J connectivity index is 4.57. The highest BCUT2D eigenvalue weighted by molar-refractivity contribution is 5.76. The van der Waals surface area contributed by atoms with E-state index < -0.39 is 17.7 Å². The predicted molar refractivity (Wildman–Crippen MR) is 23.7 cm³/mol. The summed E-state index contributed by atoms with van der Waals surface area (Å²) >= 11 is 0. The third kappa shape index (κ3) is 1.38. The standard InChI is InChI=1S/C4H6F3NO2/c1-3(8,2(9)10)4(5,6)7/h8H2,1H3,(H,9,10)/p-1. The maximum atomic E-state index is 11.5. The van der Waals surface area contributed by atoms with Crippen molar-refractivity contribution >= 4 is 5.97 Å². The fraction of sp³-hybridized carbons (Fsp3) is 0.750. The summed E-state index contributed by atoms with van der Waals surface area (Å²) in [5.41, 5.74) is 1.09. The number of hydrogen-bond acceptors (Lipinski definition) is 3. The lowest BCUT2D eigenvalue weighted by Crippen LogP contribution is -2.62. The number of carboxylic acids is 1. The first-order chi connectivity index (χ1) is 4.19. The molecule has 1 unspecified atom stereocenters. The fourth-order valence-electron chi connectivity index (χ4n) is 0.116. The summed E-state index contributed by atoms with van der Waals surface area (Å²) in [6.45, 7) is 0.336. The van der Waals surface area contributed by atoms with E-state index in [9.17, 15) is 23.1 Å². The summed E-state index contributed by atoms with van der Waals surface area (Å²) in [5, 5.41) is 9.71. The minimum absolute atomic E-state index is 0.336. The van der Waals surface area contributed by atoms with Gasteiger partial charge in [0.25, 0.3) is 0 Å². The molecule has 60 valence electrons. The van der Waals surface area contributed by atoms with E-state index >= 15 is 0 Å². The van der Waals surface area contributed by atoms with Crippen LogP contribution in [0.2, 0.25) is 0 Å². The van der Waals surface area contributed by atoms with E-state index in [0.29, 0.717) is 6.92 Å². The molecule has 0 aromatic rings. The molecular formula is C4H5F3NO2-. The molecule has 0 aromatic carbocycles. The molecule has 0 saturated carbocycles. The number of halogens is 3. The third-order valence-electron chi connectivity index (χ3n) is 1.01. The van der Waals surface area contributed by atoms with E-state index in [0.717, 1.165) is 0 Å². The molecule has 0 rings (SSSR count). The highest BCUT2D eigenvalue weighted by Gasteiger charge is 2.49. The van der Waals surface area contributed by atoms with Gasteiger partial charge in [0.05, 0.1) is 5.97 Å². The van der Waals surface area contributed by atoms with Crippen LogP contribution in [-0.2, 0) is 4.79 Å². The molecule has 0 aromatic heterocycles. The van der Waals surface area contributed by atoms with Crippen molar-refractivity contribution in [3.63, 3.8) is 0 Å². The maximum absolute atomic E-state index is 11.5. The first kappa shape index (κ1) is 9.22. The van der Waals surface area contributed by atoms with Gasteiger partial charge in [-0.1, -0.05) is 0 Å². The van der Waals surface area contributed by atoms with Crippen molar-refractivity contribution in [2.45, 2.75) is 18.6 Å². The number of hydrogen-bond donors (Lipinski definition) is 1. The SMILES string of the molecule is CC(N)(C(=O)[O-])C(F)(F)F. The first-order valence-electron chi connectivity index (χ1n) is 2.26. The Bertz CT molecular complexity index is 151. The molecule has 3 nitrogen and oxygen atoms in total. The van der Waals surface area contributed by atoms with E-state index in [1.54, 1.807) is 0 Å². The van der Waals surface area contributed by atoms with E-state index in [2.05, 4.69) is 5.73 Å². The lowest BCUT2D eigenvalue weighted by molar-refractivity contribution is -0.327. The van der Waals surface area contributed by atoms with Crippen LogP contribution in [0.4, 0.5) is 13.2 Å². The van der Waals surface area contributed by atoms with E-state index in [-0.39, 0.29) is 0 Å². The smallest absolute Gasteiger partial charge is 0.411 e. The van der Waals surface area contributed by atoms with Crippen molar-refractivity contribution in [3.8, 4) is 0 Å². The van der Waals surface area contributed by atoms with Crippen molar-refractivity contribution in [1.82, 2.24) is 0 Å². The number of alkyl halides is 3. The van der Waals surface area contributed by atoms with E-state index in [1.807, 2.05) is 0 Å². The highest BCUT2D eigenvalue weighted by atomic mass is 19.4. The number of aliphatic carboxylic acids is 1. The quantitative estimate of drug-likeness (QED) is 0.530. The molecule has 0 saturated heterocycles. The molecule has 0 aliphatic rings. The normalized spacial score (nSPS) is 18.1. The van der Waals surface area contributed by atoms with Gasteiger partial charge in [-0.2, -0.15) is 13.2 Å². The van der Waals surface area contributed by atoms with Gasteiger partial charge in [-0.25, -0.2) is 0 Å². The zero-order valence-electron chi connectivity index (χ0n) is 5.03. The van der Waals surface area contributed by atoms with Gasteiger partial charge in [0.15, 0.2) is 0 Å². The summed E-state index contributed by atoms with van der Waals surface area (Å²) in [5.74, 6) is -2.33. The van der Waals surface area contributed by atoms with Gasteiger partial charge in [0, 0.05) is 0 Å². The van der Waals surface area contributed by atoms with Crippen LogP contribution in [0.25, 0.3) is 0 Å². The Kier molecular flexibility index (Phi) is 1.95. The molecule has 0 heterocycles. The summed E-state index contributed by atoms with van der Waals surface area (Å²) in [6.07, 6.45) is -4.97. The summed E-state index contributed by atoms with van der Waals surface area (Å²) in [7, 11) is 0. The average Bonchev–Trinajstić information content (AvgIpc) is 1.62. The van der Waals surface area contributed by atoms with E-state index in [4.69, 9.17) is 0 Å². The second-order valence-electron chi connectivity index (χ2n) is 1.99. The van der Waals surface area contributed by atoms with Gasteiger partial charge >= 0.3 is 6.18 Å². The Morgan fingerprint density at radius 2 is 1.80 bits per heavy atom. The second-order valence-corrected chi connectivity index (χ2v) is 1.99. The van der Waals surface area contributed by atoms with Gasteiger partial charge in [0.1, 0.15) is 5.54 Å².